The van der Waals surface area contributed by atoms with Crippen molar-refractivity contribution in [1.29, 1.82) is 0 Å². The first-order valence-corrected chi connectivity index (χ1v) is 8.91. The van der Waals surface area contributed by atoms with E-state index in [1.165, 1.54) is 9.80 Å². The number of carboxylic acids is 1. The minimum Gasteiger partial charge on any atom is -0.480 e. The molecule has 2 atom stereocenters. The molecule has 2 aliphatic rings. The second kappa shape index (κ2) is 9.31. The molecule has 150 valence electrons. The van der Waals surface area contributed by atoms with Crippen LogP contribution in [0, 0.1) is 0 Å². The minimum absolute atomic E-state index is 0.177. The van der Waals surface area contributed by atoms with Gasteiger partial charge in [0.1, 0.15) is 18.6 Å². The standard InChI is InChI=1S/C16H25N5O6/c17-7-12(22)20-5-1-3-10(20)15(26)18-8-13(23)21-6-2-4-11(21)16(27)19-9-14(24)25/h10-11H,1-9,17H2,(H,18,26)(H,19,27)(H,24,25)/t10-,11-/m0/s1. The second-order valence-corrected chi connectivity index (χ2v) is 6.52. The lowest BCUT2D eigenvalue weighted by Gasteiger charge is -2.26. The monoisotopic (exact) mass is 383 g/mol. The summed E-state index contributed by atoms with van der Waals surface area (Å²) >= 11 is 0. The van der Waals surface area contributed by atoms with Crippen molar-refractivity contribution in [3.8, 4) is 0 Å². The van der Waals surface area contributed by atoms with Gasteiger partial charge in [-0.2, -0.15) is 0 Å². The predicted molar refractivity (Wildman–Crippen MR) is 92.2 cm³/mol. The molecule has 2 rings (SSSR count). The van der Waals surface area contributed by atoms with E-state index in [9.17, 15) is 24.0 Å². The van der Waals surface area contributed by atoms with E-state index in [1.54, 1.807) is 0 Å². The van der Waals surface area contributed by atoms with Gasteiger partial charge in [0.2, 0.25) is 23.6 Å². The molecule has 4 amide bonds. The first kappa shape index (κ1) is 20.6. The number of carboxylic acid groups (broad SMARTS) is 1. The highest BCUT2D eigenvalue weighted by atomic mass is 16.4. The van der Waals surface area contributed by atoms with E-state index in [0.29, 0.717) is 38.8 Å². The summed E-state index contributed by atoms with van der Waals surface area (Å²) in [5, 5.41) is 13.4. The van der Waals surface area contributed by atoms with Crippen molar-refractivity contribution in [1.82, 2.24) is 20.4 Å². The zero-order chi connectivity index (χ0) is 20.0. The maximum atomic E-state index is 12.4. The van der Waals surface area contributed by atoms with E-state index in [1.807, 2.05) is 0 Å². The van der Waals surface area contributed by atoms with E-state index < -0.39 is 42.3 Å². The van der Waals surface area contributed by atoms with Gasteiger partial charge in [-0.15, -0.1) is 0 Å². The number of nitrogens with zero attached hydrogens (tertiary/aromatic N) is 2. The molecule has 11 heteroatoms. The fourth-order valence-electron chi connectivity index (χ4n) is 3.46. The lowest BCUT2D eigenvalue weighted by Crippen LogP contribution is -2.52. The number of nitrogens with two attached hydrogens (primary N) is 1. The van der Waals surface area contributed by atoms with Gasteiger partial charge in [0.25, 0.3) is 0 Å². The molecule has 11 nitrogen and oxygen atoms in total. The number of nitrogens with one attached hydrogen (secondary N) is 2. The average Bonchev–Trinajstić information content (AvgIpc) is 3.32. The molecule has 2 saturated heterocycles. The fourth-order valence-corrected chi connectivity index (χ4v) is 3.46. The van der Waals surface area contributed by atoms with Crippen molar-refractivity contribution in [3.63, 3.8) is 0 Å². The number of aliphatic carboxylic acids is 1. The van der Waals surface area contributed by atoms with Gasteiger partial charge in [-0.3, -0.25) is 24.0 Å². The Hall–Kier alpha value is -2.69. The number of amides is 4. The molecule has 0 aromatic carbocycles. The molecule has 0 aromatic rings. The van der Waals surface area contributed by atoms with Crippen LogP contribution in [0.4, 0.5) is 0 Å². The Morgan fingerprint density at radius 1 is 0.852 bits per heavy atom. The molecule has 0 saturated carbocycles. The van der Waals surface area contributed by atoms with E-state index in [4.69, 9.17) is 10.8 Å². The normalized spacial score (nSPS) is 21.8. The topological polar surface area (TPSA) is 162 Å². The van der Waals surface area contributed by atoms with E-state index in [0.717, 1.165) is 0 Å². The SMILES string of the molecule is NCC(=O)N1CCC[C@H]1C(=O)NCC(=O)N1CCC[C@H]1C(=O)NCC(=O)O. The van der Waals surface area contributed by atoms with Gasteiger partial charge in [-0.05, 0) is 25.7 Å². The Labute approximate surface area is 156 Å². The van der Waals surface area contributed by atoms with Gasteiger partial charge in [0.15, 0.2) is 0 Å². The van der Waals surface area contributed by atoms with Crippen molar-refractivity contribution < 1.29 is 29.1 Å². The summed E-state index contributed by atoms with van der Waals surface area (Å²) < 4.78 is 0. The van der Waals surface area contributed by atoms with Gasteiger partial charge < -0.3 is 31.3 Å². The van der Waals surface area contributed by atoms with Crippen LogP contribution in [0.2, 0.25) is 0 Å². The number of rotatable bonds is 7. The Morgan fingerprint density at radius 3 is 1.81 bits per heavy atom. The van der Waals surface area contributed by atoms with Gasteiger partial charge in [-0.1, -0.05) is 0 Å². The third kappa shape index (κ3) is 5.16. The zero-order valence-corrected chi connectivity index (χ0v) is 15.0. The molecule has 0 radical (unpaired) electrons. The quantitative estimate of drug-likeness (QED) is 0.370. The molecule has 2 fully saturated rings. The van der Waals surface area contributed by atoms with Gasteiger partial charge in [0, 0.05) is 13.1 Å². The van der Waals surface area contributed by atoms with Crippen molar-refractivity contribution in [3.05, 3.63) is 0 Å². The number of hydrogen-bond donors (Lipinski definition) is 4. The largest absolute Gasteiger partial charge is 0.480 e. The summed E-state index contributed by atoms with van der Waals surface area (Å²) in [4.78, 5) is 61.9. The number of likely N-dealkylation sites (tertiary alicyclic amines) is 2. The molecule has 2 aliphatic heterocycles. The molecular formula is C16H25N5O6. The molecule has 0 aromatic heterocycles. The summed E-state index contributed by atoms with van der Waals surface area (Å²) in [5.41, 5.74) is 5.35. The third-order valence-corrected chi connectivity index (χ3v) is 4.75. The van der Waals surface area contributed by atoms with Crippen LogP contribution in [0.15, 0.2) is 0 Å². The highest BCUT2D eigenvalue weighted by Gasteiger charge is 2.36. The van der Waals surface area contributed by atoms with Gasteiger partial charge in [-0.25, -0.2) is 0 Å². The summed E-state index contributed by atoms with van der Waals surface area (Å²) in [6, 6.07) is -1.38. The minimum atomic E-state index is -1.17. The maximum absolute atomic E-state index is 12.4. The molecule has 5 N–H and O–H groups in total. The first-order chi connectivity index (χ1) is 12.8. The van der Waals surface area contributed by atoms with Crippen LogP contribution in [0.3, 0.4) is 0 Å². The third-order valence-electron chi connectivity index (χ3n) is 4.75. The van der Waals surface area contributed by atoms with Crippen molar-refractivity contribution in [2.24, 2.45) is 5.73 Å². The second-order valence-electron chi connectivity index (χ2n) is 6.52. The Balaban J connectivity index is 1.87. The molecule has 0 aliphatic carbocycles. The van der Waals surface area contributed by atoms with Gasteiger partial charge in [0.05, 0.1) is 13.1 Å². The Kier molecular flexibility index (Phi) is 7.11. The zero-order valence-electron chi connectivity index (χ0n) is 15.0. The lowest BCUT2D eigenvalue weighted by atomic mass is 10.2. The van der Waals surface area contributed by atoms with Crippen LogP contribution in [0.5, 0.6) is 0 Å². The van der Waals surface area contributed by atoms with Crippen LogP contribution >= 0.6 is 0 Å². The lowest BCUT2D eigenvalue weighted by molar-refractivity contribution is -0.141. The Bertz CT molecular complexity index is 624. The molecule has 0 spiro atoms. The summed E-state index contributed by atoms with van der Waals surface area (Å²) in [5.74, 6) is -2.85. The highest BCUT2D eigenvalue weighted by molar-refractivity contribution is 5.93. The highest BCUT2D eigenvalue weighted by Crippen LogP contribution is 2.19. The van der Waals surface area contributed by atoms with Crippen molar-refractivity contribution in [2.75, 3.05) is 32.7 Å². The Morgan fingerprint density at radius 2 is 1.33 bits per heavy atom. The van der Waals surface area contributed by atoms with Crippen molar-refractivity contribution in [2.45, 2.75) is 37.8 Å². The fraction of sp³-hybridized carbons (Fsp3) is 0.688. The molecule has 0 unspecified atom stereocenters. The van der Waals surface area contributed by atoms with Crippen LogP contribution in [-0.4, -0.2) is 89.3 Å². The molecular weight excluding hydrogens is 358 g/mol. The van der Waals surface area contributed by atoms with Gasteiger partial charge >= 0.3 is 5.97 Å². The summed E-state index contributed by atoms with van der Waals surface area (Å²) in [6.07, 6.45) is 2.25. The molecule has 0 bridgehead atoms. The average molecular weight is 383 g/mol. The van der Waals surface area contributed by atoms with Crippen LogP contribution in [-0.2, 0) is 24.0 Å². The smallest absolute Gasteiger partial charge is 0.322 e. The van der Waals surface area contributed by atoms with Crippen LogP contribution < -0.4 is 16.4 Å². The van der Waals surface area contributed by atoms with E-state index >= 15 is 0 Å². The molecule has 27 heavy (non-hydrogen) atoms. The van der Waals surface area contributed by atoms with Crippen LogP contribution in [0.25, 0.3) is 0 Å². The van der Waals surface area contributed by atoms with Crippen LogP contribution in [0.1, 0.15) is 25.7 Å². The summed E-state index contributed by atoms with van der Waals surface area (Å²) in [7, 11) is 0. The number of carbonyl (C=O) groups is 5. The first-order valence-electron chi connectivity index (χ1n) is 8.91. The number of hydrogen-bond acceptors (Lipinski definition) is 6. The van der Waals surface area contributed by atoms with Crippen molar-refractivity contribution >= 4 is 29.6 Å². The predicted octanol–water partition coefficient (Wildman–Crippen LogP) is -2.76. The van der Waals surface area contributed by atoms with E-state index in [-0.39, 0.29) is 19.0 Å². The number of carbonyl (C=O) groups excluding carboxylic acids is 4. The summed E-state index contributed by atoms with van der Waals surface area (Å²) in [6.45, 7) is -0.159. The molecule has 2 heterocycles. The van der Waals surface area contributed by atoms with E-state index in [2.05, 4.69) is 10.6 Å². The maximum Gasteiger partial charge on any atom is 0.322 e.